The lowest BCUT2D eigenvalue weighted by atomic mass is 9.99. The van der Waals surface area contributed by atoms with E-state index in [9.17, 15) is 43.2 Å². The van der Waals surface area contributed by atoms with Crippen molar-refractivity contribution < 1.29 is 80.2 Å². The molecule has 0 saturated carbocycles. The van der Waals surface area contributed by atoms with Gasteiger partial charge in [0.15, 0.2) is 12.2 Å². The first kappa shape index (κ1) is 90.1. The van der Waals surface area contributed by atoms with Gasteiger partial charge in [0.2, 0.25) is 0 Å². The molecule has 0 radical (unpaired) electrons. The maximum Gasteiger partial charge on any atom is 0.472 e. The van der Waals surface area contributed by atoms with Crippen LogP contribution in [0.4, 0.5) is 0 Å². The summed E-state index contributed by atoms with van der Waals surface area (Å²) in [5, 5.41) is 10.6. The number of aliphatic hydroxyl groups is 1. The Bertz CT molecular complexity index is 1800. The number of phosphoric acid groups is 2. The number of esters is 4. The van der Waals surface area contributed by atoms with Crippen molar-refractivity contribution in [3.63, 3.8) is 0 Å². The molecule has 0 heterocycles. The summed E-state index contributed by atoms with van der Waals surface area (Å²) in [5.41, 5.74) is 0. The van der Waals surface area contributed by atoms with E-state index >= 15 is 0 Å². The number of ether oxygens (including phenoxy) is 4. The summed E-state index contributed by atoms with van der Waals surface area (Å²) >= 11 is 0. The Morgan fingerprint density at radius 3 is 0.826 bits per heavy atom. The van der Waals surface area contributed by atoms with Gasteiger partial charge in [-0.1, -0.05) is 318 Å². The molecule has 0 aliphatic heterocycles. The summed E-state index contributed by atoms with van der Waals surface area (Å²) in [7, 11) is -9.90. The lowest BCUT2D eigenvalue weighted by Gasteiger charge is -2.21. The zero-order chi connectivity index (χ0) is 68.0. The fourth-order valence-electron chi connectivity index (χ4n) is 11.0. The number of carbonyl (C=O) groups is 4. The van der Waals surface area contributed by atoms with E-state index in [1.54, 1.807) is 0 Å². The average molecular weight is 1350 g/mol. The molecule has 546 valence electrons. The maximum absolute atomic E-state index is 13.0. The van der Waals surface area contributed by atoms with E-state index in [4.69, 9.17) is 37.0 Å². The van der Waals surface area contributed by atoms with Gasteiger partial charge in [0, 0.05) is 25.7 Å². The molecule has 0 aliphatic carbocycles. The van der Waals surface area contributed by atoms with Crippen molar-refractivity contribution in [1.82, 2.24) is 0 Å². The van der Waals surface area contributed by atoms with Gasteiger partial charge in [-0.3, -0.25) is 37.3 Å². The number of rotatable bonds is 71. The monoisotopic (exact) mass is 1350 g/mol. The lowest BCUT2D eigenvalue weighted by molar-refractivity contribution is -0.161. The van der Waals surface area contributed by atoms with Gasteiger partial charge >= 0.3 is 39.5 Å². The molecule has 0 aromatic carbocycles. The minimum Gasteiger partial charge on any atom is -0.462 e. The Balaban J connectivity index is 5.14. The fraction of sp³-hybridized carbons (Fsp3) is 0.945. The van der Waals surface area contributed by atoms with Crippen molar-refractivity contribution in [3.8, 4) is 0 Å². The van der Waals surface area contributed by atoms with E-state index in [1.807, 2.05) is 0 Å². The van der Waals surface area contributed by atoms with Gasteiger partial charge in [-0.2, -0.15) is 0 Å². The molecule has 6 atom stereocenters. The van der Waals surface area contributed by atoms with Gasteiger partial charge < -0.3 is 33.8 Å². The molecule has 0 aromatic heterocycles. The first-order valence-corrected chi connectivity index (χ1v) is 40.9. The Morgan fingerprint density at radius 2 is 0.554 bits per heavy atom. The fourth-order valence-corrected chi connectivity index (χ4v) is 12.6. The summed E-state index contributed by atoms with van der Waals surface area (Å²) < 4.78 is 68.3. The zero-order valence-corrected chi connectivity index (χ0v) is 61.8. The van der Waals surface area contributed by atoms with Crippen molar-refractivity contribution in [2.24, 2.45) is 17.8 Å². The predicted octanol–water partition coefficient (Wildman–Crippen LogP) is 21.0. The summed E-state index contributed by atoms with van der Waals surface area (Å²) in [6.07, 6.45) is 48.9. The Kier molecular flexibility index (Phi) is 62.4. The van der Waals surface area contributed by atoms with Crippen LogP contribution >= 0.6 is 15.6 Å². The molecule has 0 saturated heterocycles. The minimum atomic E-state index is -4.95. The van der Waals surface area contributed by atoms with Crippen molar-refractivity contribution in [3.05, 3.63) is 0 Å². The molecule has 0 aromatic rings. The first-order valence-electron chi connectivity index (χ1n) is 37.9. The molecule has 92 heavy (non-hydrogen) atoms. The molecule has 0 amide bonds. The van der Waals surface area contributed by atoms with E-state index in [0.717, 1.165) is 102 Å². The molecule has 17 nitrogen and oxygen atoms in total. The Labute approximate surface area is 562 Å². The quantitative estimate of drug-likeness (QED) is 0.0222. The Morgan fingerprint density at radius 1 is 0.315 bits per heavy atom. The molecular formula is C73H142O17P2. The van der Waals surface area contributed by atoms with Crippen LogP contribution in [0.1, 0.15) is 370 Å². The van der Waals surface area contributed by atoms with Crippen LogP contribution in [-0.2, 0) is 65.4 Å². The standard InChI is InChI=1S/C73H142O17P2/c1-8-10-11-12-13-14-23-27-32-40-47-54-70(75)83-60-68(89-72(77)56-49-42-33-28-25-22-20-18-16-15-17-19-21-24-26-31-39-46-53-66(7)9-2)62-87-91(79,80)85-58-67(74)59-86-92(81,82)88-63-69(61-84-71(76)55-48-41-36-35-38-45-52-65(5)6)90-73(78)57-50-43-34-29-30-37-44-51-64(3)4/h64-69,74H,8-63H2,1-7H3,(H,79,80)(H,81,82)/t66?,67-,68-,69-/m1/s1. The van der Waals surface area contributed by atoms with E-state index in [1.165, 1.54) is 173 Å². The van der Waals surface area contributed by atoms with E-state index < -0.39 is 97.5 Å². The molecule has 0 bridgehead atoms. The van der Waals surface area contributed by atoms with Crippen LogP contribution in [0.5, 0.6) is 0 Å². The third-order valence-electron chi connectivity index (χ3n) is 17.2. The summed E-state index contributed by atoms with van der Waals surface area (Å²) in [6.45, 7) is 11.8. The molecule has 0 rings (SSSR count). The van der Waals surface area contributed by atoms with E-state index in [2.05, 4.69) is 48.5 Å². The minimum absolute atomic E-state index is 0.102. The Hall–Kier alpha value is -1.94. The van der Waals surface area contributed by atoms with Gasteiger partial charge in [-0.05, 0) is 43.4 Å². The highest BCUT2D eigenvalue weighted by Crippen LogP contribution is 2.45. The van der Waals surface area contributed by atoms with Crippen molar-refractivity contribution in [2.45, 2.75) is 388 Å². The highest BCUT2D eigenvalue weighted by molar-refractivity contribution is 7.47. The number of carbonyl (C=O) groups excluding carboxylic acids is 4. The number of phosphoric ester groups is 2. The number of aliphatic hydroxyl groups excluding tert-OH is 1. The number of unbranched alkanes of at least 4 members (excludes halogenated alkanes) is 38. The second-order valence-corrected chi connectivity index (χ2v) is 30.4. The first-order chi connectivity index (χ1) is 44.3. The lowest BCUT2D eigenvalue weighted by Crippen LogP contribution is -2.30. The normalized spacial score (nSPS) is 14.4. The van der Waals surface area contributed by atoms with Crippen LogP contribution in [0, 0.1) is 17.8 Å². The van der Waals surface area contributed by atoms with Gasteiger partial charge in [-0.15, -0.1) is 0 Å². The molecule has 3 N–H and O–H groups in total. The maximum atomic E-state index is 13.0. The van der Waals surface area contributed by atoms with Crippen LogP contribution < -0.4 is 0 Å². The summed E-state index contributed by atoms with van der Waals surface area (Å²) in [5.74, 6) is 0.119. The van der Waals surface area contributed by atoms with Crippen LogP contribution in [0.3, 0.4) is 0 Å². The second kappa shape index (κ2) is 63.8. The van der Waals surface area contributed by atoms with Crippen molar-refractivity contribution in [2.75, 3.05) is 39.6 Å². The van der Waals surface area contributed by atoms with Gasteiger partial charge in [0.1, 0.15) is 19.3 Å². The average Bonchev–Trinajstić information content (AvgIpc) is 1.71. The predicted molar refractivity (Wildman–Crippen MR) is 372 cm³/mol. The van der Waals surface area contributed by atoms with Crippen molar-refractivity contribution in [1.29, 1.82) is 0 Å². The molecule has 0 spiro atoms. The van der Waals surface area contributed by atoms with Gasteiger partial charge in [-0.25, -0.2) is 9.13 Å². The van der Waals surface area contributed by atoms with Crippen LogP contribution in [-0.4, -0.2) is 96.7 Å². The SMILES string of the molecule is CCCCCCCCCCCCCC(=O)OC[C@H](COP(=O)(O)OC[C@@H](O)COP(=O)(O)OC[C@@H](COC(=O)CCCCCCCCC(C)C)OC(=O)CCCCCCCCCC(C)C)OC(=O)CCCCCCCCCCCCCCCCCCCCC(C)CC. The topological polar surface area (TPSA) is 237 Å². The third-order valence-corrected chi connectivity index (χ3v) is 19.1. The molecule has 3 unspecified atom stereocenters. The van der Waals surface area contributed by atoms with Crippen molar-refractivity contribution >= 4 is 39.5 Å². The molecular weight excluding hydrogens is 1210 g/mol. The van der Waals surface area contributed by atoms with Crippen LogP contribution in [0.2, 0.25) is 0 Å². The second-order valence-electron chi connectivity index (χ2n) is 27.5. The third kappa shape index (κ3) is 65.4. The smallest absolute Gasteiger partial charge is 0.462 e. The van der Waals surface area contributed by atoms with Crippen LogP contribution in [0.15, 0.2) is 0 Å². The van der Waals surface area contributed by atoms with Gasteiger partial charge in [0.05, 0.1) is 26.4 Å². The van der Waals surface area contributed by atoms with E-state index in [-0.39, 0.29) is 25.7 Å². The van der Waals surface area contributed by atoms with Gasteiger partial charge in [0.25, 0.3) is 0 Å². The molecule has 19 heteroatoms. The van der Waals surface area contributed by atoms with E-state index in [0.29, 0.717) is 37.5 Å². The zero-order valence-electron chi connectivity index (χ0n) is 60.0. The molecule has 0 fully saturated rings. The highest BCUT2D eigenvalue weighted by atomic mass is 31.2. The molecule has 0 aliphatic rings. The largest absolute Gasteiger partial charge is 0.472 e. The number of hydrogen-bond acceptors (Lipinski definition) is 15. The highest BCUT2D eigenvalue weighted by Gasteiger charge is 2.30. The summed E-state index contributed by atoms with van der Waals surface area (Å²) in [6, 6.07) is 0. The number of hydrogen-bond donors (Lipinski definition) is 3. The summed E-state index contributed by atoms with van der Waals surface area (Å²) in [4.78, 5) is 72.5. The van der Waals surface area contributed by atoms with Crippen LogP contribution in [0.25, 0.3) is 0 Å².